The molecule has 18 heavy (non-hydrogen) atoms. The lowest BCUT2D eigenvalue weighted by molar-refractivity contribution is 0.969. The van der Waals surface area contributed by atoms with Crippen LogP contribution in [0.25, 0.3) is 0 Å². The summed E-state index contributed by atoms with van der Waals surface area (Å²) in [5.41, 5.74) is 6.05. The molecule has 0 heterocycles. The average Bonchev–Trinajstić information content (AvgIpc) is 2.39. The lowest BCUT2D eigenvalue weighted by atomic mass is 10.1. The number of nitrogens with one attached hydrogen (secondary N) is 1. The fourth-order valence-corrected chi connectivity index (χ4v) is 1.08. The molecule has 0 bridgehead atoms. The molecule has 1 rings (SSSR count). The zero-order valence-corrected chi connectivity index (χ0v) is 12.7. The van der Waals surface area contributed by atoms with E-state index in [-0.39, 0.29) is 0 Å². The zero-order valence-electron chi connectivity index (χ0n) is 12.7. The lowest BCUT2D eigenvalue weighted by Crippen LogP contribution is -2.02. The second kappa shape index (κ2) is 13.5. The minimum atomic E-state index is 0.962. The maximum absolute atomic E-state index is 4.10. The molecule has 0 fully saturated rings. The van der Waals surface area contributed by atoms with Gasteiger partial charge >= 0.3 is 0 Å². The molecule has 0 aliphatic rings. The van der Waals surface area contributed by atoms with Gasteiger partial charge in [0.15, 0.2) is 0 Å². The smallest absolute Gasteiger partial charge is 0.0648 e. The highest BCUT2D eigenvalue weighted by Crippen LogP contribution is 2.04. The van der Waals surface area contributed by atoms with Gasteiger partial charge in [-0.2, -0.15) is 5.10 Å². The third kappa shape index (κ3) is 9.64. The fourth-order valence-electron chi connectivity index (χ4n) is 1.08. The second-order valence-corrected chi connectivity index (χ2v) is 3.61. The number of benzene rings is 1. The number of aryl methyl sites for hydroxylation is 1. The van der Waals surface area contributed by atoms with Crippen LogP contribution >= 0.6 is 0 Å². The van der Waals surface area contributed by atoms with E-state index in [1.54, 1.807) is 6.20 Å². The van der Waals surface area contributed by atoms with Crippen molar-refractivity contribution < 1.29 is 0 Å². The predicted molar refractivity (Wildman–Crippen MR) is 84.0 cm³/mol. The molecular formula is C16H28N2. The highest BCUT2D eigenvalue weighted by molar-refractivity contribution is 5.98. The minimum absolute atomic E-state index is 0.962. The number of nitrogens with zero attached hydrogens (tertiary/aromatic N) is 1. The van der Waals surface area contributed by atoms with E-state index in [1.165, 1.54) is 12.0 Å². The lowest BCUT2D eigenvalue weighted by Gasteiger charge is -2.01. The Kier molecular flexibility index (Phi) is 14.1. The van der Waals surface area contributed by atoms with E-state index in [0.717, 1.165) is 11.3 Å². The molecule has 0 aliphatic carbocycles. The summed E-state index contributed by atoms with van der Waals surface area (Å²) in [6, 6.07) is 8.23. The predicted octanol–water partition coefficient (Wildman–Crippen LogP) is 4.89. The minimum Gasteiger partial charge on any atom is -0.286 e. The summed E-state index contributed by atoms with van der Waals surface area (Å²) < 4.78 is 0. The van der Waals surface area contributed by atoms with Crippen LogP contribution in [0.3, 0.4) is 0 Å². The van der Waals surface area contributed by atoms with Crippen molar-refractivity contribution >= 4 is 5.71 Å². The number of hydrogen-bond acceptors (Lipinski definition) is 2. The van der Waals surface area contributed by atoms with Gasteiger partial charge in [0, 0.05) is 6.20 Å². The summed E-state index contributed by atoms with van der Waals surface area (Å²) in [6.07, 6.45) is 2.80. The van der Waals surface area contributed by atoms with E-state index >= 15 is 0 Å². The summed E-state index contributed by atoms with van der Waals surface area (Å²) in [5, 5.41) is 4.10. The molecule has 1 aromatic rings. The molecule has 0 amide bonds. The first-order chi connectivity index (χ1) is 8.65. The van der Waals surface area contributed by atoms with Gasteiger partial charge in [0.2, 0.25) is 0 Å². The molecular weight excluding hydrogens is 220 g/mol. The van der Waals surface area contributed by atoms with Crippen LogP contribution in [0.2, 0.25) is 0 Å². The first-order valence-corrected chi connectivity index (χ1v) is 6.63. The molecule has 2 heteroatoms. The highest BCUT2D eigenvalue weighted by atomic mass is 15.3. The van der Waals surface area contributed by atoms with Crippen LogP contribution in [-0.2, 0) is 0 Å². The van der Waals surface area contributed by atoms with Crippen LogP contribution in [0.5, 0.6) is 0 Å². The average molecular weight is 248 g/mol. The zero-order chi connectivity index (χ0) is 14.4. The van der Waals surface area contributed by atoms with Gasteiger partial charge in [0.25, 0.3) is 0 Å². The van der Waals surface area contributed by atoms with Gasteiger partial charge in [-0.05, 0) is 19.4 Å². The van der Waals surface area contributed by atoms with E-state index in [1.807, 2.05) is 32.9 Å². The van der Waals surface area contributed by atoms with Crippen molar-refractivity contribution in [2.24, 2.45) is 5.10 Å². The summed E-state index contributed by atoms with van der Waals surface area (Å²) in [5.74, 6) is 0. The van der Waals surface area contributed by atoms with Crippen LogP contribution in [-0.4, -0.2) is 5.71 Å². The number of rotatable bonds is 3. The van der Waals surface area contributed by atoms with Crippen LogP contribution in [0.1, 0.15) is 52.2 Å². The van der Waals surface area contributed by atoms with E-state index in [9.17, 15) is 0 Å². The Balaban J connectivity index is 0. The van der Waals surface area contributed by atoms with Crippen molar-refractivity contribution in [3.05, 3.63) is 48.2 Å². The molecule has 0 spiro atoms. The Morgan fingerprint density at radius 1 is 1.33 bits per heavy atom. The van der Waals surface area contributed by atoms with Crippen LogP contribution < -0.4 is 5.43 Å². The normalized spacial score (nSPS) is 9.33. The van der Waals surface area contributed by atoms with E-state index in [4.69, 9.17) is 0 Å². The Bertz CT molecular complexity index is 341. The summed E-state index contributed by atoms with van der Waals surface area (Å²) >= 11 is 0. The summed E-state index contributed by atoms with van der Waals surface area (Å²) in [4.78, 5) is 0. The second-order valence-electron chi connectivity index (χ2n) is 3.61. The standard InChI is InChI=1S/C11H14N2.C3H8.C2H6/c1-4-12-13-10(3)11-7-5-6-9(2)8-11;1-3-2;1-2/h4-8,12H,1H2,2-3H3;3H2,1-2H3;1-2H3/b13-10+;;. The van der Waals surface area contributed by atoms with Crippen molar-refractivity contribution in [2.45, 2.75) is 48.0 Å². The van der Waals surface area contributed by atoms with Crippen LogP contribution in [0.15, 0.2) is 42.1 Å². The molecule has 0 atom stereocenters. The first-order valence-electron chi connectivity index (χ1n) is 6.63. The van der Waals surface area contributed by atoms with Gasteiger partial charge in [-0.25, -0.2) is 0 Å². The Hall–Kier alpha value is -1.57. The van der Waals surface area contributed by atoms with E-state index < -0.39 is 0 Å². The van der Waals surface area contributed by atoms with Crippen molar-refractivity contribution in [3.63, 3.8) is 0 Å². The van der Waals surface area contributed by atoms with Gasteiger partial charge in [-0.1, -0.05) is 70.5 Å². The number of hydrogen-bond donors (Lipinski definition) is 1. The molecule has 0 saturated carbocycles. The Morgan fingerprint density at radius 2 is 1.89 bits per heavy atom. The molecule has 1 aromatic carbocycles. The fraction of sp³-hybridized carbons (Fsp3) is 0.438. The van der Waals surface area contributed by atoms with Gasteiger partial charge in [-0.3, -0.25) is 5.43 Å². The van der Waals surface area contributed by atoms with Gasteiger partial charge in [-0.15, -0.1) is 0 Å². The van der Waals surface area contributed by atoms with E-state index in [0.29, 0.717) is 0 Å². The Labute approximate surface area is 113 Å². The molecule has 0 saturated heterocycles. The summed E-state index contributed by atoms with van der Waals surface area (Å²) in [7, 11) is 0. The summed E-state index contributed by atoms with van der Waals surface area (Å²) in [6.45, 7) is 15.8. The van der Waals surface area contributed by atoms with Crippen molar-refractivity contribution in [1.82, 2.24) is 5.43 Å². The molecule has 1 N–H and O–H groups in total. The maximum Gasteiger partial charge on any atom is 0.0648 e. The molecule has 0 radical (unpaired) electrons. The van der Waals surface area contributed by atoms with Gasteiger partial charge < -0.3 is 0 Å². The third-order valence-electron chi connectivity index (χ3n) is 1.76. The SMILES string of the molecule is C=CN/N=C(\C)c1cccc(C)c1.CC.CCC. The van der Waals surface area contributed by atoms with Crippen molar-refractivity contribution in [2.75, 3.05) is 0 Å². The maximum atomic E-state index is 4.10. The molecule has 0 unspecified atom stereocenters. The molecule has 0 aromatic heterocycles. The Morgan fingerprint density at radius 3 is 2.33 bits per heavy atom. The molecule has 0 aliphatic heterocycles. The van der Waals surface area contributed by atoms with Crippen molar-refractivity contribution in [1.29, 1.82) is 0 Å². The number of hydrazone groups is 1. The largest absolute Gasteiger partial charge is 0.286 e. The van der Waals surface area contributed by atoms with Crippen LogP contribution in [0.4, 0.5) is 0 Å². The molecule has 2 nitrogen and oxygen atoms in total. The first kappa shape index (κ1) is 18.8. The van der Waals surface area contributed by atoms with Crippen LogP contribution in [0, 0.1) is 6.92 Å². The monoisotopic (exact) mass is 248 g/mol. The topological polar surface area (TPSA) is 24.4 Å². The molecule has 102 valence electrons. The highest BCUT2D eigenvalue weighted by Gasteiger charge is 1.95. The quantitative estimate of drug-likeness (QED) is 0.597. The van der Waals surface area contributed by atoms with Gasteiger partial charge in [0.05, 0.1) is 5.71 Å². The van der Waals surface area contributed by atoms with Gasteiger partial charge in [0.1, 0.15) is 0 Å². The van der Waals surface area contributed by atoms with Crippen molar-refractivity contribution in [3.8, 4) is 0 Å². The third-order valence-corrected chi connectivity index (χ3v) is 1.76. The van der Waals surface area contributed by atoms with E-state index in [2.05, 4.69) is 50.0 Å².